The van der Waals surface area contributed by atoms with Crippen molar-refractivity contribution in [3.8, 4) is 0 Å². The normalized spacial score (nSPS) is 28.6. The molecular weight excluding hydrogens is 260 g/mol. The van der Waals surface area contributed by atoms with Crippen LogP contribution in [0.3, 0.4) is 0 Å². The Hall–Kier alpha value is -0.243. The molecule has 0 aromatic carbocycles. The van der Waals surface area contributed by atoms with Crippen molar-refractivity contribution in [3.63, 3.8) is 0 Å². The standard InChI is InChI=1S/C18H34OSi/c1-12(2)20(13(3)4,14(5)6)19-17-10-9-15-11-16(17)18(15,7)8/h10,12-16H,9,11H2,1-8H3/t15-,16-/m0/s1. The minimum Gasteiger partial charge on any atom is -0.546 e. The molecule has 3 aliphatic rings. The average molecular weight is 295 g/mol. The molecule has 20 heavy (non-hydrogen) atoms. The molecule has 1 nitrogen and oxygen atoms in total. The van der Waals surface area contributed by atoms with Gasteiger partial charge in [0.15, 0.2) is 0 Å². The first kappa shape index (κ1) is 16.1. The quantitative estimate of drug-likeness (QED) is 0.554. The van der Waals surface area contributed by atoms with Crippen molar-refractivity contribution in [1.29, 1.82) is 0 Å². The van der Waals surface area contributed by atoms with Crippen molar-refractivity contribution in [2.75, 3.05) is 0 Å². The van der Waals surface area contributed by atoms with E-state index in [0.29, 0.717) is 28.0 Å². The van der Waals surface area contributed by atoms with Crippen LogP contribution in [0.15, 0.2) is 11.8 Å². The van der Waals surface area contributed by atoms with Crippen LogP contribution in [0, 0.1) is 17.3 Å². The highest BCUT2D eigenvalue weighted by Crippen LogP contribution is 2.60. The number of allylic oxidation sites excluding steroid dienone is 2. The largest absolute Gasteiger partial charge is 0.546 e. The number of fused-ring (bicyclic) bond motifs is 1. The number of rotatable bonds is 5. The molecular formula is C18H34OSi. The summed E-state index contributed by atoms with van der Waals surface area (Å²) in [6.45, 7) is 19.1. The molecule has 0 N–H and O–H groups in total. The smallest absolute Gasteiger partial charge is 0.258 e. The van der Waals surface area contributed by atoms with Crippen molar-refractivity contribution >= 4 is 8.32 Å². The van der Waals surface area contributed by atoms with E-state index < -0.39 is 8.32 Å². The van der Waals surface area contributed by atoms with Crippen LogP contribution in [0.25, 0.3) is 0 Å². The van der Waals surface area contributed by atoms with E-state index in [2.05, 4.69) is 61.5 Å². The van der Waals surface area contributed by atoms with Crippen LogP contribution in [0.4, 0.5) is 0 Å². The number of hydrogen-bond donors (Lipinski definition) is 0. The van der Waals surface area contributed by atoms with Crippen LogP contribution < -0.4 is 0 Å². The van der Waals surface area contributed by atoms with Gasteiger partial charge in [-0.1, -0.05) is 55.4 Å². The summed E-state index contributed by atoms with van der Waals surface area (Å²) in [5, 5.41) is 0. The van der Waals surface area contributed by atoms with Crippen molar-refractivity contribution in [2.45, 2.75) is 84.9 Å². The summed E-state index contributed by atoms with van der Waals surface area (Å²) < 4.78 is 6.95. The summed E-state index contributed by atoms with van der Waals surface area (Å²) >= 11 is 0. The van der Waals surface area contributed by atoms with Gasteiger partial charge in [-0.25, -0.2) is 0 Å². The van der Waals surface area contributed by atoms with Gasteiger partial charge in [0, 0.05) is 5.92 Å². The molecule has 2 heteroatoms. The molecule has 0 aromatic rings. The van der Waals surface area contributed by atoms with Crippen molar-refractivity contribution < 1.29 is 4.43 Å². The lowest BCUT2D eigenvalue weighted by atomic mass is 9.50. The van der Waals surface area contributed by atoms with Crippen LogP contribution in [-0.2, 0) is 4.43 Å². The summed E-state index contributed by atoms with van der Waals surface area (Å²) in [5.74, 6) is 2.94. The first-order valence-electron chi connectivity index (χ1n) is 8.53. The van der Waals surface area contributed by atoms with Crippen molar-refractivity contribution in [3.05, 3.63) is 11.8 Å². The average Bonchev–Trinajstić information content (AvgIpc) is 2.34. The Labute approximate surface area is 127 Å². The maximum absolute atomic E-state index is 6.95. The van der Waals surface area contributed by atoms with Crippen LogP contribution in [0.1, 0.15) is 68.2 Å². The van der Waals surface area contributed by atoms with Crippen LogP contribution >= 0.6 is 0 Å². The zero-order valence-corrected chi connectivity index (χ0v) is 15.8. The molecule has 3 rings (SSSR count). The van der Waals surface area contributed by atoms with Crippen LogP contribution in [0.5, 0.6) is 0 Å². The molecule has 1 saturated carbocycles. The Bertz CT molecular complexity index is 370. The van der Waals surface area contributed by atoms with Crippen molar-refractivity contribution in [2.24, 2.45) is 17.3 Å². The molecule has 2 atom stereocenters. The fourth-order valence-corrected chi connectivity index (χ4v) is 10.3. The molecule has 0 radical (unpaired) electrons. The monoisotopic (exact) mass is 294 g/mol. The Kier molecular flexibility index (Phi) is 4.19. The Morgan fingerprint density at radius 2 is 1.55 bits per heavy atom. The molecule has 0 saturated heterocycles. The fraction of sp³-hybridized carbons (Fsp3) is 0.889. The maximum atomic E-state index is 6.95. The van der Waals surface area contributed by atoms with E-state index in [1.807, 2.05) is 0 Å². The molecule has 0 amide bonds. The van der Waals surface area contributed by atoms with Gasteiger partial charge in [0.05, 0.1) is 5.76 Å². The summed E-state index contributed by atoms with van der Waals surface area (Å²) in [5.41, 5.74) is 2.48. The van der Waals surface area contributed by atoms with Crippen LogP contribution in [-0.4, -0.2) is 8.32 Å². The fourth-order valence-electron chi connectivity index (χ4n) is 4.97. The highest BCUT2D eigenvalue weighted by atomic mass is 28.4. The molecule has 0 heterocycles. The van der Waals surface area contributed by atoms with Gasteiger partial charge in [-0.2, -0.15) is 0 Å². The van der Waals surface area contributed by atoms with Gasteiger partial charge in [0.25, 0.3) is 8.32 Å². The maximum Gasteiger partial charge on any atom is 0.258 e. The predicted octanol–water partition coefficient (Wildman–Crippen LogP) is 6.13. The topological polar surface area (TPSA) is 9.23 Å². The molecule has 2 bridgehead atoms. The van der Waals surface area contributed by atoms with Gasteiger partial charge < -0.3 is 4.43 Å². The van der Waals surface area contributed by atoms with Gasteiger partial charge in [-0.3, -0.25) is 0 Å². The van der Waals surface area contributed by atoms with E-state index in [1.165, 1.54) is 18.6 Å². The first-order chi connectivity index (χ1) is 9.14. The van der Waals surface area contributed by atoms with E-state index in [0.717, 1.165) is 5.92 Å². The summed E-state index contributed by atoms with van der Waals surface area (Å²) in [4.78, 5) is 0. The molecule has 3 aliphatic carbocycles. The molecule has 0 aliphatic heterocycles. The molecule has 0 aromatic heterocycles. The van der Waals surface area contributed by atoms with Gasteiger partial charge in [-0.15, -0.1) is 0 Å². The minimum absolute atomic E-state index is 0.467. The third-order valence-electron chi connectivity index (χ3n) is 6.42. The summed E-state index contributed by atoms with van der Waals surface area (Å²) in [6, 6.07) is 0. The Morgan fingerprint density at radius 3 is 1.90 bits per heavy atom. The lowest BCUT2D eigenvalue weighted by molar-refractivity contribution is -0.0313. The second-order valence-electron chi connectivity index (χ2n) is 8.57. The predicted molar refractivity (Wildman–Crippen MR) is 90.2 cm³/mol. The first-order valence-corrected chi connectivity index (χ1v) is 10.7. The lowest BCUT2D eigenvalue weighted by Crippen LogP contribution is -2.53. The van der Waals surface area contributed by atoms with E-state index in [1.54, 1.807) is 0 Å². The summed E-state index contributed by atoms with van der Waals surface area (Å²) in [6.07, 6.45) is 5.02. The van der Waals surface area contributed by atoms with Crippen LogP contribution in [0.2, 0.25) is 16.6 Å². The SMILES string of the molecule is CC(C)[Si](OC1=CC[C@H]2C[C@@H]1C2(C)C)(C(C)C)C(C)C. The van der Waals surface area contributed by atoms with Crippen molar-refractivity contribution in [1.82, 2.24) is 0 Å². The highest BCUT2D eigenvalue weighted by Gasteiger charge is 2.55. The van der Waals surface area contributed by atoms with Gasteiger partial charge in [0.2, 0.25) is 0 Å². The molecule has 1 fully saturated rings. The Balaban J connectivity index is 2.28. The third kappa shape index (κ3) is 2.19. The second-order valence-corrected chi connectivity index (χ2v) is 13.9. The van der Waals surface area contributed by atoms with Gasteiger partial charge in [-0.05, 0) is 46.9 Å². The molecule has 0 unspecified atom stereocenters. The third-order valence-corrected chi connectivity index (χ3v) is 12.4. The zero-order valence-electron chi connectivity index (χ0n) is 14.8. The van der Waals surface area contributed by atoms with E-state index in [4.69, 9.17) is 4.43 Å². The second kappa shape index (κ2) is 5.19. The van der Waals surface area contributed by atoms with Gasteiger partial charge >= 0.3 is 0 Å². The van der Waals surface area contributed by atoms with E-state index >= 15 is 0 Å². The number of hydrogen-bond acceptors (Lipinski definition) is 1. The lowest BCUT2D eigenvalue weighted by Gasteiger charge is -2.57. The zero-order chi connectivity index (χ0) is 15.3. The molecule has 116 valence electrons. The molecule has 0 spiro atoms. The van der Waals surface area contributed by atoms with Gasteiger partial charge in [0.1, 0.15) is 0 Å². The minimum atomic E-state index is -1.76. The van der Waals surface area contributed by atoms with E-state index in [-0.39, 0.29) is 0 Å². The highest BCUT2D eigenvalue weighted by molar-refractivity contribution is 6.77. The van der Waals surface area contributed by atoms with E-state index in [9.17, 15) is 0 Å². The summed E-state index contributed by atoms with van der Waals surface area (Å²) in [7, 11) is -1.76. The Morgan fingerprint density at radius 1 is 1.05 bits per heavy atom.